The van der Waals surface area contributed by atoms with Gasteiger partial charge in [-0.2, -0.15) is 0 Å². The molecule has 0 bridgehead atoms. The van der Waals surface area contributed by atoms with Gasteiger partial charge < -0.3 is 19.7 Å². The van der Waals surface area contributed by atoms with E-state index in [1.165, 1.54) is 5.56 Å². The first-order valence-electron chi connectivity index (χ1n) is 11.4. The van der Waals surface area contributed by atoms with Gasteiger partial charge in [0, 0.05) is 24.6 Å². The van der Waals surface area contributed by atoms with Gasteiger partial charge in [-0.25, -0.2) is 0 Å². The highest BCUT2D eigenvalue weighted by Gasteiger charge is 2.26. The fourth-order valence-electron chi connectivity index (χ4n) is 3.59. The maximum absolute atomic E-state index is 12.8. The SMILES string of the molecule is CC(C)NC(=O)CCCN1C(=O)COc2ccc(C(=O)COc3ccc(C(C)C)cc3)cc21. The smallest absolute Gasteiger partial charge is 0.265 e. The van der Waals surface area contributed by atoms with E-state index in [4.69, 9.17) is 9.47 Å². The largest absolute Gasteiger partial charge is 0.485 e. The van der Waals surface area contributed by atoms with Crippen molar-refractivity contribution in [1.29, 1.82) is 0 Å². The van der Waals surface area contributed by atoms with E-state index >= 15 is 0 Å². The van der Waals surface area contributed by atoms with Crippen LogP contribution in [0.3, 0.4) is 0 Å². The molecule has 2 aromatic carbocycles. The lowest BCUT2D eigenvalue weighted by molar-refractivity contribution is -0.123. The molecule has 0 fully saturated rings. The van der Waals surface area contributed by atoms with Crippen LogP contribution < -0.4 is 19.7 Å². The van der Waals surface area contributed by atoms with Gasteiger partial charge in [-0.1, -0.05) is 26.0 Å². The third-order valence-electron chi connectivity index (χ3n) is 5.38. The molecule has 1 aliphatic rings. The van der Waals surface area contributed by atoms with Crippen LogP contribution in [0.2, 0.25) is 0 Å². The number of nitrogens with one attached hydrogen (secondary N) is 1. The first-order chi connectivity index (χ1) is 15.7. The Morgan fingerprint density at radius 3 is 2.48 bits per heavy atom. The highest BCUT2D eigenvalue weighted by Crippen LogP contribution is 2.33. The number of benzene rings is 2. The second-order valence-corrected chi connectivity index (χ2v) is 8.78. The quantitative estimate of drug-likeness (QED) is 0.549. The molecule has 0 unspecified atom stereocenters. The molecule has 0 aromatic heterocycles. The number of fused-ring (bicyclic) bond motifs is 1. The van der Waals surface area contributed by atoms with Crippen LogP contribution in [0.4, 0.5) is 5.69 Å². The highest BCUT2D eigenvalue weighted by molar-refractivity contribution is 6.02. The fourth-order valence-corrected chi connectivity index (χ4v) is 3.59. The number of nitrogens with zero attached hydrogens (tertiary/aromatic N) is 1. The molecular formula is C26H32N2O5. The second kappa shape index (κ2) is 11.0. The van der Waals surface area contributed by atoms with Gasteiger partial charge in [-0.05, 0) is 62.1 Å². The Bertz CT molecular complexity index is 998. The number of hydrogen-bond acceptors (Lipinski definition) is 5. The maximum Gasteiger partial charge on any atom is 0.265 e. The van der Waals surface area contributed by atoms with Gasteiger partial charge in [0.2, 0.25) is 5.91 Å². The normalized spacial score (nSPS) is 13.0. The number of anilines is 1. The summed E-state index contributed by atoms with van der Waals surface area (Å²) in [6.45, 7) is 8.25. The Kier molecular flexibility index (Phi) is 8.09. The molecule has 7 heteroatoms. The number of amides is 2. The van der Waals surface area contributed by atoms with Gasteiger partial charge in [-0.15, -0.1) is 0 Å². The molecule has 176 valence electrons. The molecular weight excluding hydrogens is 420 g/mol. The minimum Gasteiger partial charge on any atom is -0.485 e. The van der Waals surface area contributed by atoms with Crippen molar-refractivity contribution < 1.29 is 23.9 Å². The molecule has 0 radical (unpaired) electrons. The summed E-state index contributed by atoms with van der Waals surface area (Å²) in [4.78, 5) is 38.7. The summed E-state index contributed by atoms with van der Waals surface area (Å²) >= 11 is 0. The summed E-state index contributed by atoms with van der Waals surface area (Å²) in [6.07, 6.45) is 0.831. The van der Waals surface area contributed by atoms with Crippen molar-refractivity contribution in [1.82, 2.24) is 5.32 Å². The minimum atomic E-state index is -0.196. The van der Waals surface area contributed by atoms with Crippen LogP contribution in [0.25, 0.3) is 0 Å². The van der Waals surface area contributed by atoms with Crippen LogP contribution in [-0.2, 0) is 9.59 Å². The van der Waals surface area contributed by atoms with Crippen molar-refractivity contribution in [3.8, 4) is 11.5 Å². The average Bonchev–Trinajstić information content (AvgIpc) is 2.78. The average molecular weight is 453 g/mol. The zero-order valence-electron chi connectivity index (χ0n) is 19.7. The van der Waals surface area contributed by atoms with E-state index in [9.17, 15) is 14.4 Å². The summed E-state index contributed by atoms with van der Waals surface area (Å²) < 4.78 is 11.2. The first kappa shape index (κ1) is 24.3. The van der Waals surface area contributed by atoms with Crippen molar-refractivity contribution in [2.24, 2.45) is 0 Å². The standard InChI is InChI=1S/C26H32N2O5/c1-17(2)19-7-10-21(11-8-19)32-15-23(29)20-9-12-24-22(14-20)28(26(31)16-33-24)13-5-6-25(30)27-18(3)4/h7-12,14,17-18H,5-6,13,15-16H2,1-4H3,(H,27,30). The summed E-state index contributed by atoms with van der Waals surface area (Å²) in [7, 11) is 0. The maximum atomic E-state index is 12.8. The fraction of sp³-hybridized carbons (Fsp3) is 0.423. The van der Waals surface area contributed by atoms with Crippen LogP contribution in [-0.4, -0.2) is 43.4 Å². The molecule has 0 spiro atoms. The molecule has 1 N–H and O–H groups in total. The summed E-state index contributed by atoms with van der Waals surface area (Å²) in [5.41, 5.74) is 2.19. The number of carbonyl (C=O) groups excluding carboxylic acids is 3. The lowest BCUT2D eigenvalue weighted by Gasteiger charge is -2.29. The Morgan fingerprint density at radius 2 is 1.82 bits per heavy atom. The lowest BCUT2D eigenvalue weighted by atomic mass is 10.0. The predicted octanol–water partition coefficient (Wildman–Crippen LogP) is 4.10. The highest BCUT2D eigenvalue weighted by atomic mass is 16.5. The van der Waals surface area contributed by atoms with E-state index in [2.05, 4.69) is 19.2 Å². The van der Waals surface area contributed by atoms with Gasteiger partial charge >= 0.3 is 0 Å². The van der Waals surface area contributed by atoms with E-state index in [-0.39, 0.29) is 36.9 Å². The molecule has 0 saturated carbocycles. The topological polar surface area (TPSA) is 84.9 Å². The molecule has 0 saturated heterocycles. The molecule has 0 atom stereocenters. The molecule has 3 rings (SSSR count). The molecule has 1 heterocycles. The number of ketones is 1. The molecule has 0 aliphatic carbocycles. The Labute approximate surface area is 195 Å². The van der Waals surface area contributed by atoms with E-state index in [0.717, 1.165) is 0 Å². The molecule has 2 aromatic rings. The lowest BCUT2D eigenvalue weighted by Crippen LogP contribution is -2.40. The Hall–Kier alpha value is -3.35. The van der Waals surface area contributed by atoms with Crippen molar-refractivity contribution in [2.45, 2.75) is 52.5 Å². The van der Waals surface area contributed by atoms with Crippen LogP contribution in [0.15, 0.2) is 42.5 Å². The van der Waals surface area contributed by atoms with E-state index < -0.39 is 0 Å². The van der Waals surface area contributed by atoms with E-state index in [0.29, 0.717) is 48.1 Å². The van der Waals surface area contributed by atoms with Crippen molar-refractivity contribution in [3.05, 3.63) is 53.6 Å². The van der Waals surface area contributed by atoms with Gasteiger partial charge in [0.05, 0.1) is 5.69 Å². The van der Waals surface area contributed by atoms with Crippen LogP contribution >= 0.6 is 0 Å². The molecule has 2 amide bonds. The summed E-state index contributed by atoms with van der Waals surface area (Å²) in [6, 6.07) is 12.8. The predicted molar refractivity (Wildman–Crippen MR) is 127 cm³/mol. The van der Waals surface area contributed by atoms with E-state index in [1.54, 1.807) is 23.1 Å². The molecule has 1 aliphatic heterocycles. The number of ether oxygens (including phenoxy) is 2. The number of rotatable bonds is 10. The van der Waals surface area contributed by atoms with Gasteiger partial charge in [0.25, 0.3) is 5.91 Å². The summed E-state index contributed by atoms with van der Waals surface area (Å²) in [5, 5.41) is 2.85. The number of Topliss-reactive ketones (excluding diaryl/α,β-unsaturated/α-hetero) is 1. The zero-order valence-corrected chi connectivity index (χ0v) is 19.7. The third-order valence-corrected chi connectivity index (χ3v) is 5.38. The number of carbonyl (C=O) groups is 3. The van der Waals surface area contributed by atoms with Gasteiger partial charge in [0.15, 0.2) is 19.0 Å². The van der Waals surface area contributed by atoms with Crippen molar-refractivity contribution in [3.63, 3.8) is 0 Å². The van der Waals surface area contributed by atoms with Crippen molar-refractivity contribution in [2.75, 3.05) is 24.7 Å². The minimum absolute atomic E-state index is 0.0477. The van der Waals surface area contributed by atoms with Crippen LogP contribution in [0.5, 0.6) is 11.5 Å². The summed E-state index contributed by atoms with van der Waals surface area (Å²) in [5.74, 6) is 1.16. The molecule has 7 nitrogen and oxygen atoms in total. The van der Waals surface area contributed by atoms with Crippen LogP contribution in [0, 0.1) is 0 Å². The van der Waals surface area contributed by atoms with Crippen molar-refractivity contribution >= 4 is 23.3 Å². The third kappa shape index (κ3) is 6.57. The second-order valence-electron chi connectivity index (χ2n) is 8.78. The monoisotopic (exact) mass is 452 g/mol. The van der Waals surface area contributed by atoms with Gasteiger partial charge in [0.1, 0.15) is 11.5 Å². The molecule has 33 heavy (non-hydrogen) atoms. The first-order valence-corrected chi connectivity index (χ1v) is 11.4. The number of hydrogen-bond donors (Lipinski definition) is 1. The van der Waals surface area contributed by atoms with Gasteiger partial charge in [-0.3, -0.25) is 14.4 Å². The zero-order chi connectivity index (χ0) is 24.0. The van der Waals surface area contributed by atoms with E-state index in [1.807, 2.05) is 38.1 Å². The Balaban J connectivity index is 1.64. The van der Waals surface area contributed by atoms with Crippen LogP contribution in [0.1, 0.15) is 62.4 Å². The Morgan fingerprint density at radius 1 is 1.09 bits per heavy atom.